The van der Waals surface area contributed by atoms with Crippen LogP contribution in [0.5, 0.6) is 5.75 Å². The SMILES string of the molecule is O=C(COc1ccc(F)cc1F)NCCCn1cnc2ccccc21. The molecule has 1 heterocycles. The lowest BCUT2D eigenvalue weighted by Gasteiger charge is -2.09. The lowest BCUT2D eigenvalue weighted by Crippen LogP contribution is -2.30. The van der Waals surface area contributed by atoms with Crippen LogP contribution in [0.3, 0.4) is 0 Å². The molecular formula is C18H17F2N3O2. The molecule has 0 aliphatic carbocycles. The number of ether oxygens (including phenoxy) is 1. The summed E-state index contributed by atoms with van der Waals surface area (Å²) in [6.45, 7) is 0.853. The van der Waals surface area contributed by atoms with Gasteiger partial charge in [0.05, 0.1) is 17.4 Å². The molecule has 1 aromatic heterocycles. The lowest BCUT2D eigenvalue weighted by atomic mass is 10.3. The summed E-state index contributed by atoms with van der Waals surface area (Å²) in [6, 6.07) is 10.8. The van der Waals surface area contributed by atoms with E-state index in [-0.39, 0.29) is 18.3 Å². The Kier molecular flexibility index (Phi) is 5.23. The van der Waals surface area contributed by atoms with Crippen molar-refractivity contribution in [1.82, 2.24) is 14.9 Å². The number of hydrogen-bond donors (Lipinski definition) is 1. The second-order valence-electron chi connectivity index (χ2n) is 5.49. The first-order chi connectivity index (χ1) is 12.1. The molecule has 0 saturated carbocycles. The van der Waals surface area contributed by atoms with E-state index in [0.717, 1.165) is 29.6 Å². The molecule has 0 aliphatic rings. The van der Waals surface area contributed by atoms with Crippen LogP contribution in [0.15, 0.2) is 48.8 Å². The predicted molar refractivity (Wildman–Crippen MR) is 89.2 cm³/mol. The van der Waals surface area contributed by atoms with Gasteiger partial charge in [0.1, 0.15) is 5.82 Å². The number of aromatic nitrogens is 2. The van der Waals surface area contributed by atoms with E-state index in [1.807, 2.05) is 28.8 Å². The van der Waals surface area contributed by atoms with Crippen molar-refractivity contribution in [3.63, 3.8) is 0 Å². The average Bonchev–Trinajstić information content (AvgIpc) is 3.01. The maximum atomic E-state index is 13.4. The molecule has 130 valence electrons. The molecule has 1 N–H and O–H groups in total. The van der Waals surface area contributed by atoms with E-state index in [1.54, 1.807) is 6.33 Å². The first-order valence-corrected chi connectivity index (χ1v) is 7.88. The van der Waals surface area contributed by atoms with Crippen LogP contribution in [-0.4, -0.2) is 28.6 Å². The van der Waals surface area contributed by atoms with E-state index in [0.29, 0.717) is 19.2 Å². The highest BCUT2D eigenvalue weighted by Crippen LogP contribution is 2.17. The highest BCUT2D eigenvalue weighted by Gasteiger charge is 2.08. The summed E-state index contributed by atoms with van der Waals surface area (Å²) >= 11 is 0. The fourth-order valence-electron chi connectivity index (χ4n) is 2.45. The number of nitrogens with one attached hydrogen (secondary N) is 1. The van der Waals surface area contributed by atoms with Crippen LogP contribution in [0.1, 0.15) is 6.42 Å². The summed E-state index contributed by atoms with van der Waals surface area (Å²) in [5.74, 6) is -2.04. The third-order valence-electron chi connectivity index (χ3n) is 3.68. The Balaban J connectivity index is 1.40. The number of halogens is 2. The van der Waals surface area contributed by atoms with Gasteiger partial charge in [-0.25, -0.2) is 13.8 Å². The number of hydrogen-bond acceptors (Lipinski definition) is 3. The third kappa shape index (κ3) is 4.32. The van der Waals surface area contributed by atoms with Gasteiger partial charge >= 0.3 is 0 Å². The second kappa shape index (κ2) is 7.74. The summed E-state index contributed by atoms with van der Waals surface area (Å²) in [4.78, 5) is 16.0. The maximum absolute atomic E-state index is 13.4. The van der Waals surface area contributed by atoms with Crippen LogP contribution in [0.2, 0.25) is 0 Å². The van der Waals surface area contributed by atoms with E-state index in [9.17, 15) is 13.6 Å². The van der Waals surface area contributed by atoms with E-state index in [1.165, 1.54) is 0 Å². The monoisotopic (exact) mass is 345 g/mol. The molecule has 1 amide bonds. The Morgan fingerprint density at radius 2 is 2.04 bits per heavy atom. The van der Waals surface area contributed by atoms with Crippen LogP contribution >= 0.6 is 0 Å². The molecule has 2 aromatic carbocycles. The summed E-state index contributed by atoms with van der Waals surface area (Å²) in [5.41, 5.74) is 1.98. The number of imidazole rings is 1. The molecule has 0 bridgehead atoms. The van der Waals surface area contributed by atoms with Gasteiger partial charge in [-0.2, -0.15) is 0 Å². The molecule has 25 heavy (non-hydrogen) atoms. The van der Waals surface area contributed by atoms with Crippen molar-refractivity contribution in [3.8, 4) is 5.75 Å². The van der Waals surface area contributed by atoms with Crippen LogP contribution in [0, 0.1) is 11.6 Å². The van der Waals surface area contributed by atoms with E-state index >= 15 is 0 Å². The highest BCUT2D eigenvalue weighted by molar-refractivity contribution is 5.77. The molecule has 0 saturated heterocycles. The number of aryl methyl sites for hydroxylation is 1. The third-order valence-corrected chi connectivity index (χ3v) is 3.68. The highest BCUT2D eigenvalue weighted by atomic mass is 19.1. The van der Waals surface area contributed by atoms with Gasteiger partial charge in [-0.3, -0.25) is 4.79 Å². The standard InChI is InChI=1S/C18H17F2N3O2/c19-13-6-7-17(14(20)10-13)25-11-18(24)21-8-3-9-23-12-22-15-4-1-2-5-16(15)23/h1-2,4-7,10,12H,3,8-9,11H2,(H,21,24). The summed E-state index contributed by atoms with van der Waals surface area (Å²) in [6.07, 6.45) is 2.49. The molecule has 0 unspecified atom stereocenters. The van der Waals surface area contributed by atoms with Crippen LogP contribution in [0.25, 0.3) is 11.0 Å². The van der Waals surface area contributed by atoms with E-state index < -0.39 is 11.6 Å². The van der Waals surface area contributed by atoms with Gasteiger partial charge in [-0.15, -0.1) is 0 Å². The quantitative estimate of drug-likeness (QED) is 0.670. The van der Waals surface area contributed by atoms with Crippen molar-refractivity contribution >= 4 is 16.9 Å². The molecule has 0 spiro atoms. The Hall–Kier alpha value is -2.96. The second-order valence-corrected chi connectivity index (χ2v) is 5.49. The van der Waals surface area contributed by atoms with Gasteiger partial charge in [-0.1, -0.05) is 12.1 Å². The zero-order valence-electron chi connectivity index (χ0n) is 13.4. The smallest absolute Gasteiger partial charge is 0.257 e. The Bertz CT molecular complexity index is 880. The molecule has 3 aromatic rings. The molecule has 0 aliphatic heterocycles. The fraction of sp³-hybridized carbons (Fsp3) is 0.222. The number of para-hydroxylation sites is 2. The normalized spacial score (nSPS) is 10.8. The van der Waals surface area contributed by atoms with Crippen molar-refractivity contribution in [2.75, 3.05) is 13.2 Å². The number of nitrogens with zero attached hydrogens (tertiary/aromatic N) is 2. The molecule has 0 radical (unpaired) electrons. The van der Waals surface area contributed by atoms with Crippen molar-refractivity contribution < 1.29 is 18.3 Å². The Morgan fingerprint density at radius 1 is 1.20 bits per heavy atom. The van der Waals surface area contributed by atoms with E-state index in [2.05, 4.69) is 10.3 Å². The van der Waals surface area contributed by atoms with Crippen LogP contribution in [-0.2, 0) is 11.3 Å². The number of fused-ring (bicyclic) bond motifs is 1. The largest absolute Gasteiger partial charge is 0.481 e. The number of carbonyl (C=O) groups excluding carboxylic acids is 1. The Labute approximate surface area is 143 Å². The molecule has 0 atom stereocenters. The summed E-state index contributed by atoms with van der Waals surface area (Å²) in [5, 5.41) is 2.70. The van der Waals surface area contributed by atoms with Gasteiger partial charge < -0.3 is 14.6 Å². The van der Waals surface area contributed by atoms with Crippen LogP contribution < -0.4 is 10.1 Å². The molecule has 7 heteroatoms. The van der Waals surface area contributed by atoms with Gasteiger partial charge in [0.2, 0.25) is 0 Å². The maximum Gasteiger partial charge on any atom is 0.257 e. The molecule has 0 fully saturated rings. The fourth-order valence-corrected chi connectivity index (χ4v) is 2.45. The Morgan fingerprint density at radius 3 is 2.88 bits per heavy atom. The van der Waals surface area contributed by atoms with Gasteiger partial charge in [0.25, 0.3) is 5.91 Å². The first-order valence-electron chi connectivity index (χ1n) is 7.88. The molecule has 5 nitrogen and oxygen atoms in total. The van der Waals surface area contributed by atoms with Crippen LogP contribution in [0.4, 0.5) is 8.78 Å². The minimum Gasteiger partial charge on any atom is -0.481 e. The summed E-state index contributed by atoms with van der Waals surface area (Å²) in [7, 11) is 0. The summed E-state index contributed by atoms with van der Waals surface area (Å²) < 4.78 is 33.2. The zero-order valence-corrected chi connectivity index (χ0v) is 13.4. The number of amides is 1. The zero-order chi connectivity index (χ0) is 17.6. The lowest BCUT2D eigenvalue weighted by molar-refractivity contribution is -0.123. The number of benzene rings is 2. The van der Waals surface area contributed by atoms with Gasteiger partial charge in [-0.05, 0) is 30.7 Å². The van der Waals surface area contributed by atoms with Gasteiger partial charge in [0, 0.05) is 19.2 Å². The molecular weight excluding hydrogens is 328 g/mol. The van der Waals surface area contributed by atoms with Gasteiger partial charge in [0.15, 0.2) is 18.2 Å². The minimum absolute atomic E-state index is 0.151. The van der Waals surface area contributed by atoms with Crippen molar-refractivity contribution in [2.45, 2.75) is 13.0 Å². The minimum atomic E-state index is -0.834. The number of carbonyl (C=O) groups is 1. The first kappa shape index (κ1) is 16.9. The van der Waals surface area contributed by atoms with E-state index in [4.69, 9.17) is 4.74 Å². The number of rotatable bonds is 7. The predicted octanol–water partition coefficient (Wildman–Crippen LogP) is 2.90. The molecule has 3 rings (SSSR count). The van der Waals surface area contributed by atoms with Crippen molar-refractivity contribution in [3.05, 3.63) is 60.4 Å². The van der Waals surface area contributed by atoms with Crippen molar-refractivity contribution in [2.24, 2.45) is 0 Å². The topological polar surface area (TPSA) is 56.1 Å². The average molecular weight is 345 g/mol. The van der Waals surface area contributed by atoms with Crippen molar-refractivity contribution in [1.29, 1.82) is 0 Å².